The minimum Gasteiger partial charge on any atom is -0.372 e. The fraction of sp³-hybridized carbons (Fsp3) is 0.533. The zero-order chi connectivity index (χ0) is 48.3. The maximum absolute atomic E-state index is 10.2. The molecule has 0 aliphatic carbocycles. The number of anilines is 1. The number of nitrogens with zero attached hydrogens (tertiary/aromatic N) is 5. The number of rotatable bonds is 35. The van der Waals surface area contributed by atoms with Gasteiger partial charge >= 0.3 is 0 Å². The monoisotopic (exact) mass is 964 g/mol. The Morgan fingerprint density at radius 2 is 0.912 bits per heavy atom. The average Bonchev–Trinajstić information content (AvgIpc) is 4.18. The third-order valence-electron chi connectivity index (χ3n) is 12.9. The van der Waals surface area contributed by atoms with Crippen molar-refractivity contribution in [3.63, 3.8) is 0 Å². The first-order chi connectivity index (χ1) is 33.6. The molecule has 0 amide bonds. The molecule has 0 atom stereocenters. The lowest BCUT2D eigenvalue weighted by Gasteiger charge is -2.25. The van der Waals surface area contributed by atoms with Gasteiger partial charge < -0.3 is 4.90 Å². The van der Waals surface area contributed by atoms with Gasteiger partial charge in [-0.15, -0.1) is 34.0 Å². The molecule has 0 N–H and O–H groups in total. The highest BCUT2D eigenvalue weighted by Gasteiger charge is 2.23. The Kier molecular flexibility index (Phi) is 28.9. The zero-order valence-corrected chi connectivity index (χ0v) is 44.0. The van der Waals surface area contributed by atoms with E-state index in [4.69, 9.17) is 0 Å². The van der Waals surface area contributed by atoms with Crippen LogP contribution in [0.1, 0.15) is 205 Å². The fourth-order valence-electron chi connectivity index (χ4n) is 8.88. The van der Waals surface area contributed by atoms with Gasteiger partial charge in [0.05, 0.1) is 10.5 Å². The van der Waals surface area contributed by atoms with Crippen LogP contribution in [-0.4, -0.2) is 13.1 Å². The van der Waals surface area contributed by atoms with E-state index in [0.29, 0.717) is 5.56 Å². The predicted molar refractivity (Wildman–Crippen MR) is 294 cm³/mol. The summed E-state index contributed by atoms with van der Waals surface area (Å²) in [6, 6.07) is 26.5. The van der Waals surface area contributed by atoms with Gasteiger partial charge in [0.15, 0.2) is 0 Å². The second kappa shape index (κ2) is 35.3. The highest BCUT2D eigenvalue weighted by Crippen LogP contribution is 2.44. The molecule has 4 aromatic rings. The molecule has 360 valence electrons. The fourth-order valence-corrected chi connectivity index (χ4v) is 11.8. The van der Waals surface area contributed by atoms with E-state index in [0.717, 1.165) is 38.2 Å². The normalized spacial score (nSPS) is 10.6. The molecule has 68 heavy (non-hydrogen) atoms. The summed E-state index contributed by atoms with van der Waals surface area (Å²) in [5.41, 5.74) is 2.40. The summed E-state index contributed by atoms with van der Waals surface area (Å²) in [5.74, 6) is 6.32. The van der Waals surface area contributed by atoms with E-state index in [1.54, 1.807) is 22.7 Å². The van der Waals surface area contributed by atoms with Crippen molar-refractivity contribution in [3.05, 3.63) is 93.2 Å². The largest absolute Gasteiger partial charge is 0.372 e. The third-order valence-corrected chi connectivity index (χ3v) is 16.1. The van der Waals surface area contributed by atoms with Crippen molar-refractivity contribution >= 4 is 45.3 Å². The molecule has 0 saturated carbocycles. The molecule has 0 aliphatic heterocycles. The van der Waals surface area contributed by atoms with Gasteiger partial charge in [0.25, 0.3) is 0 Å². The van der Waals surface area contributed by atoms with Crippen molar-refractivity contribution in [2.45, 2.75) is 194 Å². The van der Waals surface area contributed by atoms with E-state index in [2.05, 4.69) is 54.9 Å². The summed E-state index contributed by atoms with van der Waals surface area (Å²) in [5, 5.41) is 44.7. The van der Waals surface area contributed by atoms with E-state index in [1.165, 1.54) is 197 Å². The van der Waals surface area contributed by atoms with Gasteiger partial charge in [-0.05, 0) is 72.1 Å². The Morgan fingerprint density at radius 3 is 1.35 bits per heavy atom. The van der Waals surface area contributed by atoms with Gasteiger partial charge in [0, 0.05) is 50.1 Å². The summed E-state index contributed by atoms with van der Waals surface area (Å²) < 4.78 is 0. The maximum Gasteiger partial charge on any atom is 0.145 e. The van der Waals surface area contributed by atoms with Crippen molar-refractivity contribution in [1.29, 1.82) is 21.0 Å². The van der Waals surface area contributed by atoms with Crippen LogP contribution in [-0.2, 0) is 0 Å². The molecular weight excluding hydrogens is 887 g/mol. The van der Waals surface area contributed by atoms with Crippen molar-refractivity contribution < 1.29 is 0 Å². The number of allylic oxidation sites excluding steroid dienone is 4. The van der Waals surface area contributed by atoms with Crippen molar-refractivity contribution in [1.82, 2.24) is 0 Å². The Hall–Kier alpha value is -4.88. The van der Waals surface area contributed by atoms with Gasteiger partial charge in [0.2, 0.25) is 0 Å². The van der Waals surface area contributed by atoms with E-state index in [-0.39, 0.29) is 22.3 Å². The van der Waals surface area contributed by atoms with Crippen LogP contribution in [0.25, 0.3) is 25.1 Å². The molecule has 0 fully saturated rings. The molecule has 0 bridgehead atoms. The van der Waals surface area contributed by atoms with E-state index < -0.39 is 0 Å². The molecule has 0 spiro atoms. The van der Waals surface area contributed by atoms with Crippen LogP contribution >= 0.6 is 34.0 Å². The van der Waals surface area contributed by atoms with Crippen LogP contribution in [0, 0.1) is 57.2 Å². The van der Waals surface area contributed by atoms with Crippen molar-refractivity contribution in [2.24, 2.45) is 0 Å². The summed E-state index contributed by atoms with van der Waals surface area (Å²) in [6.45, 7) is 6.63. The van der Waals surface area contributed by atoms with Gasteiger partial charge in [-0.1, -0.05) is 199 Å². The summed E-state index contributed by atoms with van der Waals surface area (Å²) in [4.78, 5) is 6.65. The Labute approximate surface area is 424 Å². The first-order valence-corrected chi connectivity index (χ1v) is 28.8. The average molecular weight is 965 g/mol. The van der Waals surface area contributed by atoms with E-state index in [9.17, 15) is 21.0 Å². The number of thiophene rings is 3. The zero-order valence-electron chi connectivity index (χ0n) is 41.5. The lowest BCUT2D eigenvalue weighted by Crippen LogP contribution is -2.25. The van der Waals surface area contributed by atoms with Crippen LogP contribution in [0.4, 0.5) is 5.69 Å². The topological polar surface area (TPSA) is 98.4 Å². The standard InChI is InChI=1S/C60H77N5S3/c1-3-5-7-9-11-13-15-17-19-21-23-25-27-29-42-65(43-30-28-26-24-22-20-18-16-14-12-10-8-6-4-2)53-36-33-50(34-37-53)35-38-54(51(46-61)47-62)59(52(48-63)49-64)55-41-45-67-60(55)58-40-39-57(68-58)56-32-31-44-66-56/h31-34,36-37,39-41,44-45H,3-30,42-43H2,1-2H3. The Morgan fingerprint density at radius 1 is 0.456 bits per heavy atom. The van der Waals surface area contributed by atoms with Gasteiger partial charge in [-0.25, -0.2) is 0 Å². The predicted octanol–water partition coefficient (Wildman–Crippen LogP) is 19.2. The second-order valence-corrected chi connectivity index (χ2v) is 21.2. The third kappa shape index (κ3) is 20.4. The molecule has 0 saturated heterocycles. The smallest absolute Gasteiger partial charge is 0.145 e. The van der Waals surface area contributed by atoms with Gasteiger partial charge in [-0.3, -0.25) is 0 Å². The minimum absolute atomic E-state index is 0.0871. The van der Waals surface area contributed by atoms with Crippen molar-refractivity contribution in [3.8, 4) is 55.6 Å². The highest BCUT2D eigenvalue weighted by atomic mass is 32.1. The lowest BCUT2D eigenvalue weighted by molar-refractivity contribution is 0.529. The molecule has 3 aromatic heterocycles. The van der Waals surface area contributed by atoms with Gasteiger partial charge in [-0.2, -0.15) is 21.0 Å². The molecule has 0 unspecified atom stereocenters. The molecule has 4 rings (SSSR count). The van der Waals surface area contributed by atoms with Crippen LogP contribution in [0.15, 0.2) is 82.1 Å². The molecule has 5 nitrogen and oxygen atoms in total. The minimum atomic E-state index is -0.234. The van der Waals surface area contributed by atoms with Crippen LogP contribution in [0.2, 0.25) is 0 Å². The maximum atomic E-state index is 10.2. The van der Waals surface area contributed by atoms with Crippen LogP contribution in [0.3, 0.4) is 0 Å². The molecule has 0 radical (unpaired) electrons. The Balaban J connectivity index is 1.40. The van der Waals surface area contributed by atoms with E-state index in [1.807, 2.05) is 65.4 Å². The van der Waals surface area contributed by atoms with E-state index >= 15 is 0 Å². The Bertz CT molecular complexity index is 2240. The summed E-state index contributed by atoms with van der Waals surface area (Å²) in [7, 11) is 0. The molecular formula is C60H77N5S3. The number of hydrogen-bond donors (Lipinski definition) is 0. The quantitative estimate of drug-likeness (QED) is 0.0198. The lowest BCUT2D eigenvalue weighted by atomic mass is 9.90. The van der Waals surface area contributed by atoms with Crippen LogP contribution in [0.5, 0.6) is 0 Å². The number of nitriles is 4. The number of benzene rings is 1. The van der Waals surface area contributed by atoms with Crippen LogP contribution < -0.4 is 4.90 Å². The van der Waals surface area contributed by atoms with Gasteiger partial charge in [0.1, 0.15) is 35.4 Å². The molecule has 3 heterocycles. The highest BCUT2D eigenvalue weighted by molar-refractivity contribution is 7.25. The first kappa shape index (κ1) is 55.7. The summed E-state index contributed by atoms with van der Waals surface area (Å²) in [6.07, 6.45) is 37.8. The SMILES string of the molecule is CCCCCCCCCCCCCCCCN(CCCCCCCCCCCCCCCC)c1ccc(C#CC(=C(C#N)C#N)C(=C(C#N)C#N)c2ccsc2-c2ccc(-c3cccs3)s2)cc1. The summed E-state index contributed by atoms with van der Waals surface area (Å²) >= 11 is 4.79. The first-order valence-electron chi connectivity index (χ1n) is 26.3. The molecule has 8 heteroatoms. The number of hydrogen-bond acceptors (Lipinski definition) is 8. The van der Waals surface area contributed by atoms with Crippen molar-refractivity contribution in [2.75, 3.05) is 18.0 Å². The molecule has 0 aliphatic rings. The second-order valence-electron chi connectivity index (χ2n) is 18.2. The number of unbranched alkanes of at least 4 members (excludes halogenated alkanes) is 26. The molecule has 1 aromatic carbocycles.